The van der Waals surface area contributed by atoms with Gasteiger partial charge in [0, 0.05) is 5.56 Å². The molecule has 0 aliphatic heterocycles. The van der Waals surface area contributed by atoms with Gasteiger partial charge in [0.1, 0.15) is 12.4 Å². The second kappa shape index (κ2) is 16.1. The molecule has 0 fully saturated rings. The number of carbonyl (C=O) groups excluding carboxylic acids is 3. The Hall–Kier alpha value is -4.44. The minimum Gasteiger partial charge on any atom is -0.478 e. The number of carboxylic acids is 1. The zero-order chi connectivity index (χ0) is 30.5. The number of nitrogens with one attached hydrogen (secondary N) is 2. The summed E-state index contributed by atoms with van der Waals surface area (Å²) in [5, 5.41) is 16.0. The SMILES string of the molecule is CCCCC[C@@H](C(=O)NCNC(=O)c1ccc(-c2ccc(C)c(C(=O)O)c2)o1)[C@@H](CC)N(C=O)OCc1ccccc1. The molecule has 0 spiro atoms. The summed E-state index contributed by atoms with van der Waals surface area (Å²) in [5.74, 6) is -2.06. The molecule has 3 amide bonds. The minimum absolute atomic E-state index is 0.0177. The van der Waals surface area contributed by atoms with E-state index in [2.05, 4.69) is 17.6 Å². The van der Waals surface area contributed by atoms with Crippen molar-refractivity contribution in [1.29, 1.82) is 0 Å². The summed E-state index contributed by atoms with van der Waals surface area (Å²) in [7, 11) is 0. The number of hydrogen-bond donors (Lipinski definition) is 3. The lowest BCUT2D eigenvalue weighted by Crippen LogP contribution is -2.48. The van der Waals surface area contributed by atoms with Crippen LogP contribution in [0.4, 0.5) is 0 Å². The fraction of sp³-hybridized carbons (Fsp3) is 0.375. The molecule has 10 heteroatoms. The van der Waals surface area contributed by atoms with Gasteiger partial charge in [-0.2, -0.15) is 0 Å². The van der Waals surface area contributed by atoms with E-state index in [1.165, 1.54) is 17.2 Å². The number of furan rings is 1. The van der Waals surface area contributed by atoms with E-state index in [9.17, 15) is 24.3 Å². The van der Waals surface area contributed by atoms with Crippen LogP contribution in [-0.2, 0) is 21.0 Å². The number of hydroxylamine groups is 2. The highest BCUT2D eigenvalue weighted by Gasteiger charge is 2.32. The van der Waals surface area contributed by atoms with Crippen LogP contribution >= 0.6 is 0 Å². The summed E-state index contributed by atoms with van der Waals surface area (Å²) in [6, 6.07) is 16.9. The van der Waals surface area contributed by atoms with Crippen molar-refractivity contribution in [3.8, 4) is 11.3 Å². The molecule has 0 unspecified atom stereocenters. The maximum Gasteiger partial charge on any atom is 0.335 e. The number of rotatable bonds is 17. The van der Waals surface area contributed by atoms with E-state index >= 15 is 0 Å². The van der Waals surface area contributed by atoms with E-state index in [4.69, 9.17) is 9.25 Å². The Morgan fingerprint density at radius 1 is 1.02 bits per heavy atom. The van der Waals surface area contributed by atoms with Crippen LogP contribution < -0.4 is 10.6 Å². The number of hydrogen-bond acceptors (Lipinski definition) is 6. The van der Waals surface area contributed by atoms with Gasteiger partial charge in [-0.15, -0.1) is 0 Å². The summed E-state index contributed by atoms with van der Waals surface area (Å²) >= 11 is 0. The van der Waals surface area contributed by atoms with Crippen LogP contribution in [0.2, 0.25) is 0 Å². The molecular formula is C32H39N3O7. The first-order valence-corrected chi connectivity index (χ1v) is 14.2. The predicted molar refractivity (Wildman–Crippen MR) is 157 cm³/mol. The Morgan fingerprint density at radius 3 is 2.45 bits per heavy atom. The zero-order valence-electron chi connectivity index (χ0n) is 24.3. The first-order chi connectivity index (χ1) is 20.3. The van der Waals surface area contributed by atoms with E-state index in [0.717, 1.165) is 24.8 Å². The zero-order valence-corrected chi connectivity index (χ0v) is 24.3. The van der Waals surface area contributed by atoms with Gasteiger partial charge in [-0.05, 0) is 49.1 Å². The number of nitrogens with zero attached hydrogens (tertiary/aromatic N) is 1. The van der Waals surface area contributed by atoms with Crippen LogP contribution in [0.25, 0.3) is 11.3 Å². The summed E-state index contributed by atoms with van der Waals surface area (Å²) in [5.41, 5.74) is 2.19. The van der Waals surface area contributed by atoms with E-state index in [0.29, 0.717) is 36.1 Å². The molecule has 1 aromatic heterocycles. The summed E-state index contributed by atoms with van der Waals surface area (Å²) in [4.78, 5) is 55.3. The maximum absolute atomic E-state index is 13.3. The van der Waals surface area contributed by atoms with Crippen LogP contribution in [-0.4, -0.2) is 47.1 Å². The molecule has 3 rings (SSSR count). The number of aromatic carboxylic acids is 1. The van der Waals surface area contributed by atoms with Crippen LogP contribution in [0.5, 0.6) is 0 Å². The number of benzene rings is 2. The van der Waals surface area contributed by atoms with Crippen molar-refractivity contribution >= 4 is 24.2 Å². The lowest BCUT2D eigenvalue weighted by Gasteiger charge is -2.32. The second-order valence-corrected chi connectivity index (χ2v) is 10.0. The summed E-state index contributed by atoms with van der Waals surface area (Å²) < 4.78 is 5.66. The fourth-order valence-electron chi connectivity index (χ4n) is 4.73. The van der Waals surface area contributed by atoms with Gasteiger partial charge in [-0.3, -0.25) is 19.2 Å². The lowest BCUT2D eigenvalue weighted by atomic mass is 9.90. The molecular weight excluding hydrogens is 538 g/mol. The second-order valence-electron chi connectivity index (χ2n) is 10.0. The average molecular weight is 578 g/mol. The molecule has 2 atom stereocenters. The Labute approximate surface area is 246 Å². The van der Waals surface area contributed by atoms with Crippen molar-refractivity contribution in [3.05, 3.63) is 83.1 Å². The number of carbonyl (C=O) groups is 4. The highest BCUT2D eigenvalue weighted by Crippen LogP contribution is 2.25. The summed E-state index contributed by atoms with van der Waals surface area (Å²) in [6.45, 7) is 5.73. The molecule has 3 aromatic rings. The monoisotopic (exact) mass is 577 g/mol. The summed E-state index contributed by atoms with van der Waals surface area (Å²) in [6.07, 6.45) is 4.40. The van der Waals surface area contributed by atoms with Gasteiger partial charge in [0.2, 0.25) is 12.3 Å². The van der Waals surface area contributed by atoms with Crippen LogP contribution in [0.3, 0.4) is 0 Å². The molecule has 2 aromatic carbocycles. The van der Waals surface area contributed by atoms with E-state index in [1.807, 2.05) is 37.3 Å². The van der Waals surface area contributed by atoms with Crippen LogP contribution in [0, 0.1) is 12.8 Å². The highest BCUT2D eigenvalue weighted by atomic mass is 16.7. The third-order valence-corrected chi connectivity index (χ3v) is 7.09. The Bertz CT molecular complexity index is 1340. The van der Waals surface area contributed by atoms with E-state index < -0.39 is 23.8 Å². The molecule has 0 aliphatic carbocycles. The van der Waals surface area contributed by atoms with Gasteiger partial charge in [-0.1, -0.05) is 75.6 Å². The Balaban J connectivity index is 1.62. The standard InChI is InChI=1S/C32H39N3O7/c1-4-6-8-13-25(27(5-2)35(21-36)41-19-23-11-9-7-10-12-23)30(37)33-20-34-31(38)29-17-16-28(42-29)24-15-14-22(3)26(18-24)32(39)40/h7,9-12,14-18,21,25,27H,4-6,8,13,19-20H2,1-3H3,(H,33,37)(H,34,38)(H,39,40)/t25-,27-/m1/s1. The fourth-order valence-corrected chi connectivity index (χ4v) is 4.73. The van der Waals surface area contributed by atoms with Crippen LogP contribution in [0.15, 0.2) is 65.1 Å². The molecule has 224 valence electrons. The van der Waals surface area contributed by atoms with Crippen molar-refractivity contribution < 1.29 is 33.5 Å². The quantitative estimate of drug-likeness (QED) is 0.0854. The van der Waals surface area contributed by atoms with E-state index in [-0.39, 0.29) is 30.5 Å². The lowest BCUT2D eigenvalue weighted by molar-refractivity contribution is -0.200. The third-order valence-electron chi connectivity index (χ3n) is 7.09. The molecule has 3 N–H and O–H groups in total. The van der Waals surface area contributed by atoms with Crippen molar-refractivity contribution in [2.45, 2.75) is 65.5 Å². The Kier molecular flexibility index (Phi) is 12.3. The van der Waals surface area contributed by atoms with Crippen molar-refractivity contribution in [2.24, 2.45) is 5.92 Å². The van der Waals surface area contributed by atoms with Gasteiger partial charge in [0.15, 0.2) is 5.76 Å². The van der Waals surface area contributed by atoms with Crippen LogP contribution in [0.1, 0.15) is 78.0 Å². The molecule has 42 heavy (non-hydrogen) atoms. The minimum atomic E-state index is -1.05. The van der Waals surface area contributed by atoms with Gasteiger partial charge < -0.3 is 20.2 Å². The van der Waals surface area contributed by atoms with Gasteiger partial charge >= 0.3 is 5.97 Å². The first kappa shape index (κ1) is 32.1. The first-order valence-electron chi connectivity index (χ1n) is 14.2. The third kappa shape index (κ3) is 8.78. The van der Waals surface area contributed by atoms with Crippen molar-refractivity contribution in [2.75, 3.05) is 6.67 Å². The molecule has 0 bridgehead atoms. The van der Waals surface area contributed by atoms with Gasteiger partial charge in [0.25, 0.3) is 5.91 Å². The molecule has 0 radical (unpaired) electrons. The molecule has 10 nitrogen and oxygen atoms in total. The van der Waals surface area contributed by atoms with Crippen molar-refractivity contribution in [1.82, 2.24) is 15.7 Å². The van der Waals surface area contributed by atoms with Crippen molar-refractivity contribution in [3.63, 3.8) is 0 Å². The largest absolute Gasteiger partial charge is 0.478 e. The van der Waals surface area contributed by atoms with E-state index in [1.54, 1.807) is 25.1 Å². The molecule has 1 heterocycles. The molecule has 0 saturated heterocycles. The predicted octanol–water partition coefficient (Wildman–Crippen LogP) is 5.32. The van der Waals surface area contributed by atoms with Gasteiger partial charge in [-0.25, -0.2) is 9.86 Å². The number of aryl methyl sites for hydroxylation is 1. The topological polar surface area (TPSA) is 138 Å². The Morgan fingerprint density at radius 2 is 1.79 bits per heavy atom. The average Bonchev–Trinajstić information content (AvgIpc) is 3.49. The maximum atomic E-state index is 13.3. The smallest absolute Gasteiger partial charge is 0.335 e. The molecule has 0 aliphatic rings. The highest BCUT2D eigenvalue weighted by molar-refractivity contribution is 5.93. The van der Waals surface area contributed by atoms with Gasteiger partial charge in [0.05, 0.1) is 24.2 Å². The number of carboxylic acid groups (broad SMARTS) is 1. The molecule has 0 saturated carbocycles. The normalized spacial score (nSPS) is 12.3. The number of amides is 3. The number of unbranched alkanes of at least 4 members (excludes halogenated alkanes) is 2.